The fourth-order valence-corrected chi connectivity index (χ4v) is 4.14. The predicted molar refractivity (Wildman–Crippen MR) is 126 cm³/mol. The Morgan fingerprint density at radius 2 is 1.81 bits per heavy atom. The molecule has 3 aromatic carbocycles. The van der Waals surface area contributed by atoms with Crippen molar-refractivity contribution in [1.29, 1.82) is 0 Å². The van der Waals surface area contributed by atoms with Crippen molar-refractivity contribution in [3.8, 4) is 22.1 Å². The number of rotatable bonds is 6. The van der Waals surface area contributed by atoms with Crippen LogP contribution >= 0.6 is 22.9 Å². The summed E-state index contributed by atoms with van der Waals surface area (Å²) in [4.78, 5) is 17.7. The number of methoxy groups -OCH3 is 1. The van der Waals surface area contributed by atoms with E-state index in [0.29, 0.717) is 22.2 Å². The van der Waals surface area contributed by atoms with Crippen molar-refractivity contribution in [1.82, 2.24) is 4.98 Å². The van der Waals surface area contributed by atoms with Crippen LogP contribution in [0.3, 0.4) is 0 Å². The van der Waals surface area contributed by atoms with E-state index in [4.69, 9.17) is 26.1 Å². The van der Waals surface area contributed by atoms with Crippen LogP contribution in [0.25, 0.3) is 20.8 Å². The maximum atomic E-state index is 13.0. The second-order valence-electron chi connectivity index (χ2n) is 7.42. The highest BCUT2D eigenvalue weighted by Gasteiger charge is 2.31. The molecule has 0 unspecified atom stereocenters. The Hall–Kier alpha value is -3.09. The quantitative estimate of drug-likeness (QED) is 0.366. The molecule has 0 radical (unpaired) electrons. The van der Waals surface area contributed by atoms with Gasteiger partial charge in [0.15, 0.2) is 5.60 Å². The summed E-state index contributed by atoms with van der Waals surface area (Å²) in [6.45, 7) is 3.42. The van der Waals surface area contributed by atoms with Gasteiger partial charge in [-0.3, -0.25) is 4.79 Å². The summed E-state index contributed by atoms with van der Waals surface area (Å²) in [5.41, 5.74) is 1.28. The Labute approximate surface area is 189 Å². The molecule has 0 aliphatic heterocycles. The number of hydrogen-bond donors (Lipinski definition) is 1. The van der Waals surface area contributed by atoms with Gasteiger partial charge in [-0.1, -0.05) is 23.7 Å². The molecule has 1 heterocycles. The first kappa shape index (κ1) is 21.2. The second-order valence-corrected chi connectivity index (χ2v) is 8.89. The largest absolute Gasteiger partial charge is 0.495 e. The van der Waals surface area contributed by atoms with E-state index in [0.717, 1.165) is 20.8 Å². The molecule has 4 aromatic rings. The van der Waals surface area contributed by atoms with E-state index >= 15 is 0 Å². The van der Waals surface area contributed by atoms with Crippen LogP contribution in [0.5, 0.6) is 11.5 Å². The van der Waals surface area contributed by atoms with Gasteiger partial charge in [-0.2, -0.15) is 0 Å². The van der Waals surface area contributed by atoms with Gasteiger partial charge < -0.3 is 14.8 Å². The molecule has 0 saturated heterocycles. The highest BCUT2D eigenvalue weighted by atomic mass is 35.5. The smallest absolute Gasteiger partial charge is 0.268 e. The van der Waals surface area contributed by atoms with Crippen molar-refractivity contribution in [2.24, 2.45) is 0 Å². The third-order valence-corrected chi connectivity index (χ3v) is 6.06. The SMILES string of the molecule is COc1ccc(-c2nc3ccccc3s2)cc1NC(=O)C(C)(C)Oc1ccc(Cl)cc1. The first-order valence-corrected chi connectivity index (χ1v) is 10.9. The number of anilines is 1. The number of hydrogen-bond acceptors (Lipinski definition) is 5. The van der Waals surface area contributed by atoms with Gasteiger partial charge in [-0.15, -0.1) is 11.3 Å². The van der Waals surface area contributed by atoms with E-state index < -0.39 is 5.60 Å². The minimum absolute atomic E-state index is 0.304. The number of carbonyl (C=O) groups is 1. The molecular formula is C24H21ClN2O3S. The van der Waals surface area contributed by atoms with Crippen LogP contribution in [0.15, 0.2) is 66.7 Å². The summed E-state index contributed by atoms with van der Waals surface area (Å²) in [5.74, 6) is 0.808. The van der Waals surface area contributed by atoms with Gasteiger partial charge in [0.25, 0.3) is 5.91 Å². The van der Waals surface area contributed by atoms with Crippen LogP contribution in [0.4, 0.5) is 5.69 Å². The van der Waals surface area contributed by atoms with Crippen molar-refractivity contribution >= 4 is 44.7 Å². The van der Waals surface area contributed by atoms with Gasteiger partial charge in [0.1, 0.15) is 16.5 Å². The van der Waals surface area contributed by atoms with E-state index in [1.807, 2.05) is 42.5 Å². The molecule has 5 nitrogen and oxygen atoms in total. The molecule has 1 amide bonds. The molecule has 31 heavy (non-hydrogen) atoms. The first-order valence-electron chi connectivity index (χ1n) is 9.66. The second kappa shape index (κ2) is 8.57. The van der Waals surface area contributed by atoms with E-state index in [1.54, 1.807) is 56.6 Å². The molecule has 7 heteroatoms. The Balaban J connectivity index is 1.59. The lowest BCUT2D eigenvalue weighted by molar-refractivity contribution is -0.128. The van der Waals surface area contributed by atoms with E-state index in [-0.39, 0.29) is 5.91 Å². The highest BCUT2D eigenvalue weighted by molar-refractivity contribution is 7.21. The van der Waals surface area contributed by atoms with Crippen LogP contribution in [0.2, 0.25) is 5.02 Å². The first-order chi connectivity index (χ1) is 14.9. The van der Waals surface area contributed by atoms with Gasteiger partial charge >= 0.3 is 0 Å². The number of para-hydroxylation sites is 1. The maximum absolute atomic E-state index is 13.0. The number of nitrogens with zero attached hydrogens (tertiary/aromatic N) is 1. The summed E-state index contributed by atoms with van der Waals surface area (Å²) in [7, 11) is 1.57. The van der Waals surface area contributed by atoms with E-state index in [9.17, 15) is 4.79 Å². The number of thiazole rings is 1. The number of fused-ring (bicyclic) bond motifs is 1. The molecule has 0 spiro atoms. The number of ether oxygens (including phenoxy) is 2. The monoisotopic (exact) mass is 452 g/mol. The molecule has 0 aliphatic rings. The van der Waals surface area contributed by atoms with Crippen molar-refractivity contribution < 1.29 is 14.3 Å². The fraction of sp³-hybridized carbons (Fsp3) is 0.167. The van der Waals surface area contributed by atoms with Gasteiger partial charge in [0.2, 0.25) is 0 Å². The summed E-state index contributed by atoms with van der Waals surface area (Å²) in [5, 5.41) is 4.41. The Morgan fingerprint density at radius 1 is 1.06 bits per heavy atom. The number of nitrogens with one attached hydrogen (secondary N) is 1. The minimum Gasteiger partial charge on any atom is -0.495 e. The maximum Gasteiger partial charge on any atom is 0.268 e. The Morgan fingerprint density at radius 3 is 2.52 bits per heavy atom. The molecule has 1 N–H and O–H groups in total. The molecule has 0 saturated carbocycles. The van der Waals surface area contributed by atoms with Crippen LogP contribution in [0, 0.1) is 0 Å². The Bertz CT molecular complexity index is 1200. The lowest BCUT2D eigenvalue weighted by Gasteiger charge is -2.26. The molecule has 1 aromatic heterocycles. The van der Waals surface area contributed by atoms with E-state index in [1.165, 1.54) is 0 Å². The van der Waals surface area contributed by atoms with E-state index in [2.05, 4.69) is 5.32 Å². The third-order valence-electron chi connectivity index (χ3n) is 4.72. The minimum atomic E-state index is -1.12. The average Bonchev–Trinajstić information content (AvgIpc) is 3.19. The molecular weight excluding hydrogens is 432 g/mol. The number of amides is 1. The highest BCUT2D eigenvalue weighted by Crippen LogP contribution is 2.35. The molecule has 0 aliphatic carbocycles. The normalized spacial score (nSPS) is 11.4. The van der Waals surface area contributed by atoms with Crippen LogP contribution in [0.1, 0.15) is 13.8 Å². The van der Waals surface area contributed by atoms with Crippen molar-refractivity contribution in [3.63, 3.8) is 0 Å². The summed E-state index contributed by atoms with van der Waals surface area (Å²) in [6.07, 6.45) is 0. The van der Waals surface area contributed by atoms with Crippen molar-refractivity contribution in [2.45, 2.75) is 19.4 Å². The Kier molecular flexibility index (Phi) is 5.85. The lowest BCUT2D eigenvalue weighted by Crippen LogP contribution is -2.42. The number of halogens is 1. The number of aromatic nitrogens is 1. The topological polar surface area (TPSA) is 60.5 Å². The lowest BCUT2D eigenvalue weighted by atomic mass is 10.1. The summed E-state index contributed by atoms with van der Waals surface area (Å²) in [6, 6.07) is 20.5. The zero-order chi connectivity index (χ0) is 22.0. The molecule has 0 fully saturated rings. The fourth-order valence-electron chi connectivity index (χ4n) is 3.05. The summed E-state index contributed by atoms with van der Waals surface area (Å²) >= 11 is 7.52. The standard InChI is InChI=1S/C24H21ClN2O3S/c1-24(2,30-17-11-9-16(25)10-12-17)23(28)27-19-14-15(8-13-20(19)29-3)22-26-18-6-4-5-7-21(18)31-22/h4-14H,1-3H3,(H,27,28). The van der Waals surface area contributed by atoms with Crippen LogP contribution in [-0.2, 0) is 4.79 Å². The van der Waals surface area contributed by atoms with Gasteiger partial charge in [-0.25, -0.2) is 4.98 Å². The van der Waals surface area contributed by atoms with Gasteiger partial charge in [0.05, 0.1) is 23.0 Å². The molecule has 4 rings (SSSR count). The van der Waals surface area contributed by atoms with Crippen molar-refractivity contribution in [3.05, 3.63) is 71.8 Å². The molecule has 0 atom stereocenters. The van der Waals surface area contributed by atoms with Crippen LogP contribution in [-0.4, -0.2) is 23.6 Å². The number of benzene rings is 3. The van der Waals surface area contributed by atoms with Crippen LogP contribution < -0.4 is 14.8 Å². The third kappa shape index (κ3) is 4.65. The van der Waals surface area contributed by atoms with Gasteiger partial charge in [-0.05, 0) is 68.4 Å². The zero-order valence-electron chi connectivity index (χ0n) is 17.3. The summed E-state index contributed by atoms with van der Waals surface area (Å²) < 4.78 is 12.5. The average molecular weight is 453 g/mol. The zero-order valence-corrected chi connectivity index (χ0v) is 18.9. The van der Waals surface area contributed by atoms with Gasteiger partial charge in [0, 0.05) is 10.6 Å². The number of carbonyl (C=O) groups excluding carboxylic acids is 1. The molecule has 0 bridgehead atoms. The molecule has 158 valence electrons. The van der Waals surface area contributed by atoms with Crippen molar-refractivity contribution in [2.75, 3.05) is 12.4 Å². The predicted octanol–water partition coefficient (Wildman–Crippen LogP) is 6.42.